The summed E-state index contributed by atoms with van der Waals surface area (Å²) in [7, 11) is -0.816. The molecule has 0 N–H and O–H groups in total. The highest BCUT2D eigenvalue weighted by molar-refractivity contribution is 8.84. The first-order valence-corrected chi connectivity index (χ1v) is 12.4. The van der Waals surface area contributed by atoms with Gasteiger partial charge in [0.2, 0.25) is 0 Å². The van der Waals surface area contributed by atoms with Gasteiger partial charge in [-0.25, -0.2) is 0 Å². The molecule has 0 amide bonds. The van der Waals surface area contributed by atoms with Crippen molar-refractivity contribution in [1.29, 1.82) is 0 Å². The van der Waals surface area contributed by atoms with Crippen LogP contribution in [-0.4, -0.2) is 4.86 Å². The first-order valence-electron chi connectivity index (χ1n) is 6.49. The normalized spacial score (nSPS) is 22.7. The second-order valence-corrected chi connectivity index (χ2v) is 11.7. The van der Waals surface area contributed by atoms with Crippen molar-refractivity contribution < 1.29 is 28.0 Å². The maximum Gasteiger partial charge on any atom is 0.175 e. The average molecular weight is 409 g/mol. The van der Waals surface area contributed by atoms with Gasteiger partial charge in [-0.3, -0.25) is 0 Å². The van der Waals surface area contributed by atoms with Gasteiger partial charge in [0, 0.05) is 25.1 Å². The Balaban J connectivity index is 1.82. The molecular weight excluding hydrogens is 396 g/mol. The Morgan fingerprint density at radius 1 is 1.09 bits per heavy atom. The molecule has 2 heterocycles. The van der Waals surface area contributed by atoms with E-state index in [9.17, 15) is 14.0 Å². The van der Waals surface area contributed by atoms with E-state index in [1.165, 1.54) is 32.4 Å². The quantitative estimate of drug-likeness (QED) is 0.560. The Hall–Kier alpha value is 0.1000. The lowest BCUT2D eigenvalue weighted by Crippen LogP contribution is -2.60. The Bertz CT molecular complexity index is 765. The van der Waals surface area contributed by atoms with Crippen LogP contribution in [-0.2, 0) is 3.74 Å². The summed E-state index contributed by atoms with van der Waals surface area (Å²) in [5.74, 6) is 0. The smallest absolute Gasteiger partial charge is 0.175 e. The van der Waals surface area contributed by atoms with E-state index in [0.717, 1.165) is 14.7 Å². The third-order valence-corrected chi connectivity index (χ3v) is 10.3. The highest BCUT2D eigenvalue weighted by atomic mass is 35.7. The minimum atomic E-state index is -4.41. The van der Waals surface area contributed by atoms with Gasteiger partial charge in [-0.1, -0.05) is 21.6 Å². The molecule has 3 rings (SSSR count). The van der Waals surface area contributed by atoms with Gasteiger partial charge in [-0.2, -0.15) is 14.0 Å². The number of hydrogen-bond acceptors (Lipinski definition) is 7. The lowest BCUT2D eigenvalue weighted by atomic mass is 10.1. The van der Waals surface area contributed by atoms with Crippen molar-refractivity contribution in [1.82, 2.24) is 0 Å². The topological polar surface area (TPSA) is 78.4 Å². The van der Waals surface area contributed by atoms with E-state index in [1.54, 1.807) is 28.5 Å². The number of benzene rings is 1. The van der Waals surface area contributed by atoms with Crippen LogP contribution in [0, 0.1) is 24.1 Å². The predicted molar refractivity (Wildman–Crippen MR) is 92.4 cm³/mol. The zero-order valence-corrected chi connectivity index (χ0v) is 16.5. The van der Waals surface area contributed by atoms with Crippen molar-refractivity contribution >= 4 is 51.9 Å². The number of allylic oxidation sites excluding steroid dienone is 2. The molecule has 0 spiro atoms. The Morgan fingerprint density at radius 3 is 2.48 bits per heavy atom. The van der Waals surface area contributed by atoms with E-state index in [0.29, 0.717) is 0 Å². The molecule has 0 aliphatic carbocycles. The zero-order chi connectivity index (χ0) is 16.8. The van der Waals surface area contributed by atoms with E-state index in [2.05, 4.69) is 29.7 Å². The van der Waals surface area contributed by atoms with E-state index in [1.807, 2.05) is 12.2 Å². The molecule has 1 atom stereocenters. The third-order valence-electron chi connectivity index (χ3n) is 3.27. The molecule has 0 fully saturated rings. The molecule has 9 heteroatoms. The van der Waals surface area contributed by atoms with Crippen molar-refractivity contribution in [2.45, 2.75) is 25.7 Å². The molecule has 0 saturated heterocycles. The van der Waals surface area contributed by atoms with Crippen molar-refractivity contribution in [2.24, 2.45) is 0 Å². The van der Waals surface area contributed by atoms with Gasteiger partial charge in [0.1, 0.15) is 3.74 Å². The summed E-state index contributed by atoms with van der Waals surface area (Å²) in [6.07, 6.45) is 3.89. The van der Waals surface area contributed by atoms with Gasteiger partial charge in [0.15, 0.2) is 9.80 Å². The van der Waals surface area contributed by atoms with Gasteiger partial charge < -0.3 is 0 Å². The van der Waals surface area contributed by atoms with E-state index >= 15 is 0 Å². The van der Waals surface area contributed by atoms with Crippen LogP contribution in [0.1, 0.15) is 23.6 Å². The van der Waals surface area contributed by atoms with E-state index < -0.39 is 20.0 Å². The lowest BCUT2D eigenvalue weighted by molar-refractivity contribution is -1.91. The Kier molecular flexibility index (Phi) is 5.28. The van der Waals surface area contributed by atoms with Gasteiger partial charge in [-0.15, -0.1) is 0 Å². The van der Waals surface area contributed by atoms with Crippen molar-refractivity contribution in [2.75, 3.05) is 0 Å². The molecule has 0 bridgehead atoms. The molecule has 124 valence electrons. The summed E-state index contributed by atoms with van der Waals surface area (Å²) in [5.41, 5.74) is 3.71. The molecule has 4 nitrogen and oxygen atoms in total. The van der Waals surface area contributed by atoms with E-state index in [-0.39, 0.29) is 0 Å². The van der Waals surface area contributed by atoms with Gasteiger partial charge in [0.25, 0.3) is 0 Å². The molecule has 0 radical (unpaired) electrons. The maximum atomic E-state index is 10.7. The Morgan fingerprint density at radius 2 is 1.78 bits per heavy atom. The monoisotopic (exact) mass is 408 g/mol. The van der Waals surface area contributed by atoms with Gasteiger partial charge >= 0.3 is 0 Å². The summed E-state index contributed by atoms with van der Waals surface area (Å²) in [4.78, 5) is 4.01. The first-order chi connectivity index (χ1) is 10.7. The van der Waals surface area contributed by atoms with Crippen LogP contribution in [0.5, 0.6) is 0 Å². The van der Waals surface area contributed by atoms with Crippen molar-refractivity contribution in [3.05, 3.63) is 45.9 Å². The second-order valence-electron chi connectivity index (χ2n) is 5.02. The number of aryl methyl sites for hydroxylation is 2. The average Bonchev–Trinajstić information content (AvgIpc) is 2.94. The molecule has 0 aromatic heterocycles. The molecule has 1 aromatic carbocycles. The fourth-order valence-electron chi connectivity index (χ4n) is 2.04. The summed E-state index contributed by atoms with van der Waals surface area (Å²) >= 11 is 0. The summed E-state index contributed by atoms with van der Waals surface area (Å²) < 4.78 is 36.8. The molecule has 2 aliphatic rings. The van der Waals surface area contributed by atoms with Gasteiger partial charge in [0.05, 0.1) is 10.2 Å². The van der Waals surface area contributed by atoms with Crippen LogP contribution in [0.2, 0.25) is 0 Å². The summed E-state index contributed by atoms with van der Waals surface area (Å²) in [6.45, 7) is 5.95. The lowest BCUT2D eigenvalue weighted by Gasteiger charge is -2.12. The van der Waals surface area contributed by atoms with Crippen molar-refractivity contribution in [3.63, 3.8) is 0 Å². The number of rotatable bonds is 3. The summed E-state index contributed by atoms with van der Waals surface area (Å²) in [5, 5.41) is 0. The van der Waals surface area contributed by atoms with Crippen LogP contribution in [0.3, 0.4) is 0 Å². The van der Waals surface area contributed by atoms with Gasteiger partial charge in [-0.05, 0) is 67.0 Å². The SMILES string of the molecule is CC1=S(O[Cl+3]([O-])([O-])[O-])SC(/C=C2\SSc3cc(C)c(C)cc32)=C1. The minimum absolute atomic E-state index is 0.740. The first kappa shape index (κ1) is 17.9. The highest BCUT2D eigenvalue weighted by Crippen LogP contribution is 2.55. The Labute approximate surface area is 151 Å². The number of fused-ring (bicyclic) bond motifs is 1. The zero-order valence-electron chi connectivity index (χ0n) is 12.5. The highest BCUT2D eigenvalue weighted by Gasteiger charge is 2.29. The molecule has 2 aliphatic heterocycles. The molecule has 1 unspecified atom stereocenters. The molecular formula is C14H13ClO4S4. The molecule has 0 saturated carbocycles. The molecule has 1 aromatic rings. The standard InChI is InChI=1S/C14H13ClO4S4/c1-8-4-12-13(5-9(8)2)20-21-14(12)7-11-6-10(3)23(22-11)19-15(16,17)18/h4-7H,1-3H3/b14-7-. The fourth-order valence-corrected chi connectivity index (χ4v) is 8.85. The summed E-state index contributed by atoms with van der Waals surface area (Å²) in [6, 6.07) is 4.37. The maximum absolute atomic E-state index is 10.7. The van der Waals surface area contributed by atoms with Crippen LogP contribution in [0.25, 0.3) is 4.91 Å². The molecule has 23 heavy (non-hydrogen) atoms. The fraction of sp³-hybridized carbons (Fsp3) is 0.214. The minimum Gasteiger partial charge on any atom is -0.182 e. The van der Waals surface area contributed by atoms with E-state index in [4.69, 9.17) is 0 Å². The van der Waals surface area contributed by atoms with Crippen LogP contribution >= 0.6 is 42.2 Å². The van der Waals surface area contributed by atoms with Crippen molar-refractivity contribution in [3.8, 4) is 0 Å². The number of hydrogen-bond donors (Lipinski definition) is 0. The number of halogens is 1. The van der Waals surface area contributed by atoms with Crippen LogP contribution in [0.4, 0.5) is 0 Å². The predicted octanol–water partition coefficient (Wildman–Crippen LogP) is 2.23. The third kappa shape index (κ3) is 4.20. The van der Waals surface area contributed by atoms with Crippen LogP contribution in [0.15, 0.2) is 34.1 Å². The van der Waals surface area contributed by atoms with Crippen LogP contribution < -0.4 is 14.0 Å². The largest absolute Gasteiger partial charge is 0.182 e. The second kappa shape index (κ2) is 6.78.